The van der Waals surface area contributed by atoms with Gasteiger partial charge in [-0.3, -0.25) is 0 Å². The molecule has 1 atom stereocenters. The molecule has 0 saturated carbocycles. The van der Waals surface area contributed by atoms with E-state index in [4.69, 9.17) is 9.84 Å². The normalized spacial score (nSPS) is 11.9. The highest BCUT2D eigenvalue weighted by Gasteiger charge is 2.21. The minimum atomic E-state index is -0.470. The van der Waals surface area contributed by atoms with Gasteiger partial charge in [-0.1, -0.05) is 12.1 Å². The average Bonchev–Trinajstić information content (AvgIpc) is 2.37. The smallest absolute Gasteiger partial charge is 0.410 e. The SMILES string of the molecule is CCN(C(=O)OCCO)C(C)c1cccc(O)c1. The van der Waals surface area contributed by atoms with E-state index in [2.05, 4.69) is 0 Å². The third kappa shape index (κ3) is 3.63. The Kier molecular flexibility index (Phi) is 5.45. The van der Waals surface area contributed by atoms with E-state index in [1.807, 2.05) is 19.9 Å². The summed E-state index contributed by atoms with van der Waals surface area (Å²) in [4.78, 5) is 13.3. The van der Waals surface area contributed by atoms with Gasteiger partial charge in [-0.2, -0.15) is 0 Å². The summed E-state index contributed by atoms with van der Waals surface area (Å²) >= 11 is 0. The molecule has 0 spiro atoms. The quantitative estimate of drug-likeness (QED) is 0.841. The maximum atomic E-state index is 11.8. The molecule has 1 aromatic carbocycles. The molecule has 18 heavy (non-hydrogen) atoms. The van der Waals surface area contributed by atoms with Crippen molar-refractivity contribution >= 4 is 6.09 Å². The van der Waals surface area contributed by atoms with Crippen LogP contribution in [-0.2, 0) is 4.74 Å². The van der Waals surface area contributed by atoms with Crippen LogP contribution in [0.15, 0.2) is 24.3 Å². The van der Waals surface area contributed by atoms with E-state index in [9.17, 15) is 9.90 Å². The molecule has 0 saturated heterocycles. The van der Waals surface area contributed by atoms with Crippen LogP contribution in [0.5, 0.6) is 5.75 Å². The van der Waals surface area contributed by atoms with E-state index in [1.54, 1.807) is 18.2 Å². The summed E-state index contributed by atoms with van der Waals surface area (Å²) in [7, 11) is 0. The number of amides is 1. The Hall–Kier alpha value is -1.75. The number of aliphatic hydroxyl groups is 1. The average molecular weight is 253 g/mol. The minimum absolute atomic E-state index is 0.0118. The van der Waals surface area contributed by atoms with Crippen molar-refractivity contribution in [2.75, 3.05) is 19.8 Å². The minimum Gasteiger partial charge on any atom is -0.508 e. The summed E-state index contributed by atoms with van der Waals surface area (Å²) in [6, 6.07) is 6.57. The second-order valence-corrected chi connectivity index (χ2v) is 3.89. The van der Waals surface area contributed by atoms with Crippen LogP contribution in [0.1, 0.15) is 25.5 Å². The van der Waals surface area contributed by atoms with E-state index in [1.165, 1.54) is 4.90 Å². The molecule has 0 aliphatic carbocycles. The van der Waals surface area contributed by atoms with Crippen LogP contribution in [0.3, 0.4) is 0 Å². The number of phenolic OH excluding ortho intramolecular Hbond substituents is 1. The molecule has 0 aromatic heterocycles. The van der Waals surface area contributed by atoms with Crippen LogP contribution < -0.4 is 0 Å². The fourth-order valence-electron chi connectivity index (χ4n) is 1.74. The van der Waals surface area contributed by atoms with Gasteiger partial charge in [0.1, 0.15) is 12.4 Å². The summed E-state index contributed by atoms with van der Waals surface area (Å²) in [5, 5.41) is 18.1. The Morgan fingerprint density at radius 1 is 1.50 bits per heavy atom. The van der Waals surface area contributed by atoms with Crippen molar-refractivity contribution in [1.29, 1.82) is 0 Å². The van der Waals surface area contributed by atoms with Crippen molar-refractivity contribution in [3.8, 4) is 5.75 Å². The van der Waals surface area contributed by atoms with E-state index in [0.717, 1.165) is 5.56 Å². The lowest BCUT2D eigenvalue weighted by molar-refractivity contribution is 0.0750. The van der Waals surface area contributed by atoms with Gasteiger partial charge in [0.15, 0.2) is 0 Å². The first kappa shape index (κ1) is 14.3. The number of hydrogen-bond donors (Lipinski definition) is 2. The van der Waals surface area contributed by atoms with Crippen LogP contribution in [0.4, 0.5) is 4.79 Å². The third-order valence-corrected chi connectivity index (χ3v) is 2.71. The Bertz CT molecular complexity index is 394. The van der Waals surface area contributed by atoms with Gasteiger partial charge in [-0.25, -0.2) is 4.79 Å². The number of nitrogens with zero attached hydrogens (tertiary/aromatic N) is 1. The second-order valence-electron chi connectivity index (χ2n) is 3.89. The predicted octanol–water partition coefficient (Wildman–Crippen LogP) is 1.90. The largest absolute Gasteiger partial charge is 0.508 e. The number of hydrogen-bond acceptors (Lipinski definition) is 4. The lowest BCUT2D eigenvalue weighted by Crippen LogP contribution is -2.34. The van der Waals surface area contributed by atoms with Crippen molar-refractivity contribution in [2.45, 2.75) is 19.9 Å². The van der Waals surface area contributed by atoms with Gasteiger partial charge >= 0.3 is 6.09 Å². The highest BCUT2D eigenvalue weighted by molar-refractivity contribution is 5.68. The first-order chi connectivity index (χ1) is 8.60. The molecule has 0 fully saturated rings. The highest BCUT2D eigenvalue weighted by Crippen LogP contribution is 2.23. The predicted molar refractivity (Wildman–Crippen MR) is 67.3 cm³/mol. The van der Waals surface area contributed by atoms with Crippen molar-refractivity contribution < 1.29 is 19.7 Å². The molecule has 100 valence electrons. The summed E-state index contributed by atoms with van der Waals surface area (Å²) in [6.07, 6.45) is -0.470. The van der Waals surface area contributed by atoms with Crippen molar-refractivity contribution in [3.05, 3.63) is 29.8 Å². The molecule has 1 rings (SSSR count). The number of aromatic hydroxyl groups is 1. The molecule has 0 aliphatic rings. The number of carbonyl (C=O) groups excluding carboxylic acids is 1. The summed E-state index contributed by atoms with van der Waals surface area (Å²) in [6.45, 7) is 3.99. The van der Waals surface area contributed by atoms with Crippen LogP contribution in [-0.4, -0.2) is 41.0 Å². The van der Waals surface area contributed by atoms with Gasteiger partial charge in [0.05, 0.1) is 12.6 Å². The number of benzene rings is 1. The van der Waals surface area contributed by atoms with Gasteiger partial charge in [-0.05, 0) is 31.5 Å². The molecule has 5 nitrogen and oxygen atoms in total. The monoisotopic (exact) mass is 253 g/mol. The summed E-state index contributed by atoms with van der Waals surface area (Å²) in [5.41, 5.74) is 0.831. The number of rotatable bonds is 5. The van der Waals surface area contributed by atoms with Crippen molar-refractivity contribution in [2.24, 2.45) is 0 Å². The van der Waals surface area contributed by atoms with Crippen LogP contribution in [0, 0.1) is 0 Å². The maximum absolute atomic E-state index is 11.8. The Morgan fingerprint density at radius 3 is 2.78 bits per heavy atom. The maximum Gasteiger partial charge on any atom is 0.410 e. The molecular weight excluding hydrogens is 234 g/mol. The molecule has 5 heteroatoms. The number of phenols is 1. The number of aliphatic hydroxyl groups excluding tert-OH is 1. The van der Waals surface area contributed by atoms with Gasteiger partial charge in [0.25, 0.3) is 0 Å². The van der Waals surface area contributed by atoms with E-state index < -0.39 is 6.09 Å². The first-order valence-electron chi connectivity index (χ1n) is 5.93. The molecular formula is C13H19NO4. The molecule has 0 radical (unpaired) electrons. The van der Waals surface area contributed by atoms with E-state index >= 15 is 0 Å². The molecule has 0 aliphatic heterocycles. The van der Waals surface area contributed by atoms with Crippen LogP contribution >= 0.6 is 0 Å². The van der Waals surface area contributed by atoms with Crippen LogP contribution in [0.2, 0.25) is 0 Å². The zero-order chi connectivity index (χ0) is 13.5. The zero-order valence-corrected chi connectivity index (χ0v) is 10.7. The number of carbonyl (C=O) groups is 1. The molecule has 1 unspecified atom stereocenters. The standard InChI is InChI=1S/C13H19NO4/c1-3-14(13(17)18-8-7-15)10(2)11-5-4-6-12(16)9-11/h4-6,9-10,15-16H,3,7-8H2,1-2H3. The van der Waals surface area contributed by atoms with Crippen molar-refractivity contribution in [1.82, 2.24) is 4.90 Å². The Labute approximate surface area is 107 Å². The molecule has 0 heterocycles. The molecule has 2 N–H and O–H groups in total. The molecule has 1 amide bonds. The lowest BCUT2D eigenvalue weighted by Gasteiger charge is -2.27. The summed E-state index contributed by atoms with van der Waals surface area (Å²) in [5.74, 6) is 0.166. The summed E-state index contributed by atoms with van der Waals surface area (Å²) < 4.78 is 4.89. The second kappa shape index (κ2) is 6.86. The third-order valence-electron chi connectivity index (χ3n) is 2.71. The fraction of sp³-hybridized carbons (Fsp3) is 0.462. The van der Waals surface area contributed by atoms with Gasteiger partial charge < -0.3 is 19.8 Å². The van der Waals surface area contributed by atoms with Gasteiger partial charge in [0, 0.05) is 6.54 Å². The Morgan fingerprint density at radius 2 is 2.22 bits per heavy atom. The van der Waals surface area contributed by atoms with Gasteiger partial charge in [0.2, 0.25) is 0 Å². The van der Waals surface area contributed by atoms with Crippen LogP contribution in [0.25, 0.3) is 0 Å². The molecule has 0 bridgehead atoms. The topological polar surface area (TPSA) is 70.0 Å². The first-order valence-corrected chi connectivity index (χ1v) is 5.93. The lowest BCUT2D eigenvalue weighted by atomic mass is 10.1. The molecule has 1 aromatic rings. The fourth-order valence-corrected chi connectivity index (χ4v) is 1.74. The number of ether oxygens (including phenoxy) is 1. The van der Waals surface area contributed by atoms with E-state index in [-0.39, 0.29) is 25.0 Å². The van der Waals surface area contributed by atoms with Crippen molar-refractivity contribution in [3.63, 3.8) is 0 Å². The van der Waals surface area contributed by atoms with Gasteiger partial charge in [-0.15, -0.1) is 0 Å². The highest BCUT2D eigenvalue weighted by atomic mass is 16.6. The van der Waals surface area contributed by atoms with E-state index in [0.29, 0.717) is 6.54 Å². The Balaban J connectivity index is 2.78. The zero-order valence-electron chi connectivity index (χ0n) is 10.7.